The average Bonchev–Trinajstić information content (AvgIpc) is 3.21. The van der Waals surface area contributed by atoms with E-state index in [-0.39, 0.29) is 12.0 Å². The van der Waals surface area contributed by atoms with Crippen molar-refractivity contribution in [1.29, 1.82) is 0 Å². The van der Waals surface area contributed by atoms with Gasteiger partial charge in [0, 0.05) is 36.5 Å². The van der Waals surface area contributed by atoms with Crippen LogP contribution in [0.1, 0.15) is 54.5 Å². The van der Waals surface area contributed by atoms with Gasteiger partial charge in [-0.25, -0.2) is 18.5 Å². The van der Waals surface area contributed by atoms with E-state index in [1.807, 2.05) is 25.2 Å². The van der Waals surface area contributed by atoms with Gasteiger partial charge in [0.2, 0.25) is 5.91 Å². The lowest BCUT2D eigenvalue weighted by atomic mass is 9.76. The van der Waals surface area contributed by atoms with Crippen molar-refractivity contribution in [3.63, 3.8) is 0 Å². The molecule has 6 nitrogen and oxygen atoms in total. The molecule has 0 N–H and O–H groups in total. The highest BCUT2D eigenvalue weighted by molar-refractivity contribution is 6.16. The van der Waals surface area contributed by atoms with E-state index in [4.69, 9.17) is 0 Å². The number of carbonyl (C=O) groups excluding carboxylic acids is 2. The molecule has 0 unspecified atom stereocenters. The molecule has 1 aliphatic carbocycles. The molecular weight excluding hydrogens is 462 g/mol. The van der Waals surface area contributed by atoms with E-state index in [2.05, 4.69) is 16.9 Å². The first kappa shape index (κ1) is 23.7. The number of aryl methyl sites for hydroxylation is 1. The molecule has 184 valence electrons. The number of urea groups is 1. The predicted octanol–water partition coefficient (Wildman–Crippen LogP) is 4.90. The molecule has 0 radical (unpaired) electrons. The summed E-state index contributed by atoms with van der Waals surface area (Å²) >= 11 is 0. The van der Waals surface area contributed by atoms with Crippen molar-refractivity contribution in [2.24, 2.45) is 7.05 Å². The van der Waals surface area contributed by atoms with E-state index in [0.717, 1.165) is 49.1 Å². The third-order valence-corrected chi connectivity index (χ3v) is 7.25. The summed E-state index contributed by atoms with van der Waals surface area (Å²) in [5, 5.41) is 4.39. The van der Waals surface area contributed by atoms with Crippen LogP contribution >= 0.6 is 0 Å². The minimum atomic E-state index is -1.02. The molecule has 2 aromatic carbocycles. The predicted molar refractivity (Wildman–Crippen MR) is 131 cm³/mol. The van der Waals surface area contributed by atoms with Crippen LogP contribution in [0.2, 0.25) is 0 Å². The molecule has 1 spiro atoms. The summed E-state index contributed by atoms with van der Waals surface area (Å²) in [6, 6.07) is 10.4. The lowest BCUT2D eigenvalue weighted by Crippen LogP contribution is -2.61. The van der Waals surface area contributed by atoms with Crippen LogP contribution in [0.5, 0.6) is 0 Å². The van der Waals surface area contributed by atoms with E-state index < -0.39 is 34.8 Å². The van der Waals surface area contributed by atoms with Crippen molar-refractivity contribution in [3.8, 4) is 11.8 Å². The molecule has 8 heteroatoms. The van der Waals surface area contributed by atoms with E-state index in [1.165, 1.54) is 4.90 Å². The molecule has 1 aromatic heterocycles. The number of hydrogen-bond acceptors (Lipinski definition) is 3. The highest BCUT2D eigenvalue weighted by Gasteiger charge is 2.51. The van der Waals surface area contributed by atoms with Gasteiger partial charge in [0.05, 0.1) is 18.2 Å². The first-order valence-corrected chi connectivity index (χ1v) is 12.0. The molecule has 3 aromatic rings. The summed E-state index contributed by atoms with van der Waals surface area (Å²) in [6.07, 6.45) is 5.79. The Balaban J connectivity index is 1.51. The number of halogens is 2. The Bertz CT molecular complexity index is 1380. The maximum absolute atomic E-state index is 15.2. The van der Waals surface area contributed by atoms with Gasteiger partial charge in [0.25, 0.3) is 0 Å². The Kier molecular flexibility index (Phi) is 6.09. The zero-order valence-corrected chi connectivity index (χ0v) is 20.2. The molecule has 36 heavy (non-hydrogen) atoms. The summed E-state index contributed by atoms with van der Waals surface area (Å²) in [7, 11) is 3.44. The summed E-state index contributed by atoms with van der Waals surface area (Å²) < 4.78 is 32.2. The second-order valence-electron chi connectivity index (χ2n) is 9.37. The zero-order chi connectivity index (χ0) is 25.4. The Labute approximate surface area is 208 Å². The molecule has 0 saturated carbocycles. The molecule has 2 heterocycles. The fourth-order valence-corrected chi connectivity index (χ4v) is 5.33. The number of benzene rings is 2. The van der Waals surface area contributed by atoms with Crippen LogP contribution in [0, 0.1) is 23.5 Å². The second kappa shape index (κ2) is 9.23. The average molecular weight is 489 g/mol. The Hall–Kier alpha value is -3.99. The van der Waals surface area contributed by atoms with Gasteiger partial charge >= 0.3 is 6.03 Å². The summed E-state index contributed by atoms with van der Waals surface area (Å²) in [6.45, 7) is 0. The summed E-state index contributed by atoms with van der Waals surface area (Å²) in [5.74, 6) is 2.92. The number of imide groups is 1. The van der Waals surface area contributed by atoms with Crippen molar-refractivity contribution < 1.29 is 18.4 Å². The lowest BCUT2D eigenvalue weighted by molar-refractivity contribution is -0.122. The maximum atomic E-state index is 15.2. The number of rotatable bonds is 1. The van der Waals surface area contributed by atoms with Crippen LogP contribution in [0.4, 0.5) is 19.3 Å². The molecule has 1 aliphatic heterocycles. The van der Waals surface area contributed by atoms with E-state index in [0.29, 0.717) is 16.9 Å². The fourth-order valence-electron chi connectivity index (χ4n) is 5.33. The molecule has 1 saturated heterocycles. The summed E-state index contributed by atoms with van der Waals surface area (Å²) in [5.41, 5.74) is 1.05. The SMILES string of the molecule is CN1C(=O)N(c2c(F)cc(C#Cc3ccccc3)cc2F)C(=O)C[C@]12CCCCCc1c2cnn1C. The fraction of sp³-hybridized carbons (Fsp3) is 0.321. The van der Waals surface area contributed by atoms with E-state index in [9.17, 15) is 9.59 Å². The van der Waals surface area contributed by atoms with Crippen molar-refractivity contribution >= 4 is 17.6 Å². The van der Waals surface area contributed by atoms with Crippen LogP contribution in [-0.2, 0) is 23.8 Å². The van der Waals surface area contributed by atoms with Gasteiger partial charge in [-0.15, -0.1) is 0 Å². The van der Waals surface area contributed by atoms with Gasteiger partial charge < -0.3 is 4.90 Å². The molecule has 5 rings (SSSR count). The quantitative estimate of drug-likeness (QED) is 0.458. The Morgan fingerprint density at radius 2 is 1.64 bits per heavy atom. The third-order valence-electron chi connectivity index (χ3n) is 7.25. The monoisotopic (exact) mass is 488 g/mol. The van der Waals surface area contributed by atoms with Crippen molar-refractivity contribution in [1.82, 2.24) is 14.7 Å². The largest absolute Gasteiger partial charge is 0.332 e. The first-order chi connectivity index (χ1) is 17.3. The maximum Gasteiger partial charge on any atom is 0.332 e. The number of hydrogen-bond donors (Lipinski definition) is 0. The molecule has 3 amide bonds. The topological polar surface area (TPSA) is 58.4 Å². The standard InChI is InChI=1S/C28H26F2N4O2/c1-32-27(36)34(25(35)17-28(32)14-8-4-7-11-24-21(28)18-31-33(24)2)26-22(29)15-20(16-23(26)30)13-12-19-9-5-3-6-10-19/h3,5-6,9-10,15-16,18H,4,7-8,11,14,17H2,1-2H3/t28-/m0/s1. The summed E-state index contributed by atoms with van der Waals surface area (Å²) in [4.78, 5) is 29.1. The minimum Gasteiger partial charge on any atom is -0.317 e. The van der Waals surface area contributed by atoms with Crippen LogP contribution in [-0.4, -0.2) is 33.7 Å². The number of nitrogens with zero attached hydrogens (tertiary/aromatic N) is 4. The first-order valence-electron chi connectivity index (χ1n) is 12.0. The molecule has 1 fully saturated rings. The molecule has 2 aliphatic rings. The van der Waals surface area contributed by atoms with Crippen LogP contribution < -0.4 is 4.90 Å². The van der Waals surface area contributed by atoms with Crippen LogP contribution in [0.15, 0.2) is 48.7 Å². The van der Waals surface area contributed by atoms with Gasteiger partial charge in [-0.2, -0.15) is 5.10 Å². The van der Waals surface area contributed by atoms with E-state index in [1.54, 1.807) is 30.1 Å². The number of carbonyl (C=O) groups is 2. The number of fused-ring (bicyclic) bond motifs is 2. The molecular formula is C28H26F2N4O2. The third kappa shape index (κ3) is 3.95. The molecule has 0 bridgehead atoms. The Morgan fingerprint density at radius 3 is 2.36 bits per heavy atom. The minimum absolute atomic E-state index is 0.0810. The van der Waals surface area contributed by atoms with Crippen molar-refractivity contribution in [3.05, 3.63) is 82.7 Å². The van der Waals surface area contributed by atoms with E-state index >= 15 is 8.78 Å². The number of aromatic nitrogens is 2. The van der Waals surface area contributed by atoms with Crippen molar-refractivity contribution in [2.45, 2.75) is 44.1 Å². The normalized spacial score (nSPS) is 20.0. The second-order valence-corrected chi connectivity index (χ2v) is 9.37. The smallest absolute Gasteiger partial charge is 0.317 e. The zero-order valence-electron chi connectivity index (χ0n) is 20.2. The van der Waals surface area contributed by atoms with Gasteiger partial charge in [-0.1, -0.05) is 42.9 Å². The lowest BCUT2D eigenvalue weighted by Gasteiger charge is -2.48. The van der Waals surface area contributed by atoms with Gasteiger partial charge in [0.15, 0.2) is 11.6 Å². The van der Waals surface area contributed by atoms with Crippen LogP contribution in [0.25, 0.3) is 0 Å². The van der Waals surface area contributed by atoms with Gasteiger partial charge in [-0.05, 0) is 43.5 Å². The van der Waals surface area contributed by atoms with Crippen LogP contribution in [0.3, 0.4) is 0 Å². The highest BCUT2D eigenvalue weighted by atomic mass is 19.1. The van der Waals surface area contributed by atoms with Gasteiger partial charge in [0.1, 0.15) is 5.69 Å². The number of amides is 3. The van der Waals surface area contributed by atoms with Gasteiger partial charge in [-0.3, -0.25) is 9.48 Å². The number of anilines is 1. The Morgan fingerprint density at radius 1 is 0.944 bits per heavy atom. The van der Waals surface area contributed by atoms with Crippen molar-refractivity contribution in [2.75, 3.05) is 11.9 Å². The highest BCUT2D eigenvalue weighted by Crippen LogP contribution is 2.45. The molecule has 1 atom stereocenters.